The minimum Gasteiger partial charge on any atom is -0.245 e. The third-order valence-electron chi connectivity index (χ3n) is 4.30. The second-order valence-electron chi connectivity index (χ2n) is 5.78. The Balaban J connectivity index is 1.92. The molecule has 0 atom stereocenters. The van der Waals surface area contributed by atoms with Gasteiger partial charge in [0.05, 0.1) is 5.56 Å². The van der Waals surface area contributed by atoms with Crippen molar-refractivity contribution in [2.24, 2.45) is 0 Å². The zero-order valence-corrected chi connectivity index (χ0v) is 14.8. The average molecular weight is 343 g/mol. The van der Waals surface area contributed by atoms with Crippen molar-refractivity contribution in [2.75, 3.05) is 0 Å². The highest BCUT2D eigenvalue weighted by molar-refractivity contribution is 7.98. The summed E-state index contributed by atoms with van der Waals surface area (Å²) in [6.07, 6.45) is 5.41. The smallest absolute Gasteiger partial charge is 0.115 e. The fourth-order valence-electron chi connectivity index (χ4n) is 3.12. The molecule has 1 aromatic carbocycles. The van der Waals surface area contributed by atoms with Crippen LogP contribution in [-0.4, -0.2) is 4.98 Å². The van der Waals surface area contributed by atoms with Gasteiger partial charge in [0.1, 0.15) is 11.1 Å². The van der Waals surface area contributed by atoms with Gasteiger partial charge in [-0.2, -0.15) is 5.26 Å². The highest BCUT2D eigenvalue weighted by Gasteiger charge is 2.21. The molecule has 118 valence electrons. The lowest BCUT2D eigenvalue weighted by atomic mass is 9.87. The molecule has 1 aliphatic carbocycles. The topological polar surface area (TPSA) is 36.7 Å². The first kappa shape index (κ1) is 16.4. The lowest BCUT2D eigenvalue weighted by Gasteiger charge is -2.21. The molecule has 1 aliphatic rings. The van der Waals surface area contributed by atoms with E-state index in [1.807, 2.05) is 24.3 Å². The second-order valence-corrected chi connectivity index (χ2v) is 7.18. The number of halogens is 1. The Morgan fingerprint density at radius 1 is 1.17 bits per heavy atom. The SMILES string of the molecule is CCc1nc(SCc2ccc(Cl)cc2)c(C#N)c2c1CCCC2. The monoisotopic (exact) mass is 342 g/mol. The molecule has 0 saturated heterocycles. The molecular formula is C19H19ClN2S. The number of benzene rings is 1. The van der Waals surface area contributed by atoms with Crippen molar-refractivity contribution in [1.29, 1.82) is 5.26 Å². The summed E-state index contributed by atoms with van der Waals surface area (Å²) in [5.74, 6) is 0.806. The van der Waals surface area contributed by atoms with E-state index in [9.17, 15) is 5.26 Å². The van der Waals surface area contributed by atoms with E-state index in [-0.39, 0.29) is 0 Å². The van der Waals surface area contributed by atoms with Crippen LogP contribution in [0, 0.1) is 11.3 Å². The van der Waals surface area contributed by atoms with E-state index in [4.69, 9.17) is 16.6 Å². The number of hydrogen-bond donors (Lipinski definition) is 0. The summed E-state index contributed by atoms with van der Waals surface area (Å²) in [5, 5.41) is 11.3. The average Bonchev–Trinajstić information content (AvgIpc) is 2.60. The molecule has 0 radical (unpaired) electrons. The van der Waals surface area contributed by atoms with E-state index >= 15 is 0 Å². The fourth-order valence-corrected chi connectivity index (χ4v) is 4.23. The van der Waals surface area contributed by atoms with Crippen LogP contribution in [0.1, 0.15) is 47.7 Å². The largest absolute Gasteiger partial charge is 0.245 e. The lowest BCUT2D eigenvalue weighted by molar-refractivity contribution is 0.664. The number of rotatable bonds is 4. The van der Waals surface area contributed by atoms with Crippen LogP contribution < -0.4 is 0 Å². The van der Waals surface area contributed by atoms with Crippen LogP contribution >= 0.6 is 23.4 Å². The molecule has 1 heterocycles. The molecule has 0 aliphatic heterocycles. The molecule has 0 saturated carbocycles. The first-order valence-corrected chi connectivity index (χ1v) is 9.41. The molecule has 0 fully saturated rings. The van der Waals surface area contributed by atoms with Crippen LogP contribution in [-0.2, 0) is 25.0 Å². The third-order valence-corrected chi connectivity index (χ3v) is 5.60. The van der Waals surface area contributed by atoms with Crippen LogP contribution in [0.15, 0.2) is 29.3 Å². The number of thioether (sulfide) groups is 1. The molecule has 2 aromatic rings. The van der Waals surface area contributed by atoms with Gasteiger partial charge < -0.3 is 0 Å². The van der Waals surface area contributed by atoms with Gasteiger partial charge in [-0.3, -0.25) is 0 Å². The van der Waals surface area contributed by atoms with E-state index < -0.39 is 0 Å². The highest BCUT2D eigenvalue weighted by atomic mass is 35.5. The predicted molar refractivity (Wildman–Crippen MR) is 96.0 cm³/mol. The number of aryl methyl sites for hydroxylation is 1. The van der Waals surface area contributed by atoms with Crippen molar-refractivity contribution in [3.63, 3.8) is 0 Å². The Bertz CT molecular complexity index is 747. The molecule has 0 bridgehead atoms. The summed E-state index contributed by atoms with van der Waals surface area (Å²) in [4.78, 5) is 4.82. The Labute approximate surface area is 146 Å². The van der Waals surface area contributed by atoms with Crippen molar-refractivity contribution in [1.82, 2.24) is 4.98 Å². The molecule has 0 N–H and O–H groups in total. The second kappa shape index (κ2) is 7.38. The van der Waals surface area contributed by atoms with Crippen molar-refractivity contribution in [2.45, 2.75) is 49.8 Å². The fraction of sp³-hybridized carbons (Fsp3) is 0.368. The number of hydrogen-bond acceptors (Lipinski definition) is 3. The zero-order valence-electron chi connectivity index (χ0n) is 13.2. The van der Waals surface area contributed by atoms with Crippen molar-refractivity contribution in [3.05, 3.63) is 57.2 Å². The number of nitrogens with zero attached hydrogens (tertiary/aromatic N) is 2. The van der Waals surface area contributed by atoms with E-state index in [0.717, 1.165) is 40.6 Å². The highest BCUT2D eigenvalue weighted by Crippen LogP contribution is 2.33. The minimum atomic E-state index is 0.747. The molecule has 0 spiro atoms. The molecule has 2 nitrogen and oxygen atoms in total. The Hall–Kier alpha value is -1.50. The van der Waals surface area contributed by atoms with Gasteiger partial charge in [0.25, 0.3) is 0 Å². The standard InChI is InChI=1S/C19H19ClN2S/c1-2-18-16-6-4-3-5-15(16)17(11-21)19(22-18)23-12-13-7-9-14(20)10-8-13/h7-10H,2-6,12H2,1H3. The van der Waals surface area contributed by atoms with Crippen LogP contribution in [0.3, 0.4) is 0 Å². The molecule has 1 aromatic heterocycles. The summed E-state index contributed by atoms with van der Waals surface area (Å²) in [6.45, 7) is 2.15. The third kappa shape index (κ3) is 3.54. The molecule has 3 rings (SSSR count). The van der Waals surface area contributed by atoms with Crippen molar-refractivity contribution < 1.29 is 0 Å². The minimum absolute atomic E-state index is 0.747. The first-order chi connectivity index (χ1) is 11.2. The summed E-state index contributed by atoms with van der Waals surface area (Å²) >= 11 is 7.59. The number of aromatic nitrogens is 1. The maximum absolute atomic E-state index is 9.65. The quantitative estimate of drug-likeness (QED) is 0.703. The predicted octanol–water partition coefficient (Wildman–Crippen LogP) is 5.34. The van der Waals surface area contributed by atoms with Crippen molar-refractivity contribution >= 4 is 23.4 Å². The number of fused-ring (bicyclic) bond motifs is 1. The molecule has 4 heteroatoms. The summed E-state index contributed by atoms with van der Waals surface area (Å²) in [5.41, 5.74) is 5.77. The Morgan fingerprint density at radius 3 is 2.52 bits per heavy atom. The van der Waals surface area contributed by atoms with Crippen LogP contribution in [0.5, 0.6) is 0 Å². The maximum atomic E-state index is 9.65. The maximum Gasteiger partial charge on any atom is 0.115 e. The lowest BCUT2D eigenvalue weighted by Crippen LogP contribution is -2.12. The van der Waals surface area contributed by atoms with Crippen LogP contribution in [0.25, 0.3) is 0 Å². The van der Waals surface area contributed by atoms with Gasteiger partial charge in [0.2, 0.25) is 0 Å². The molecule has 0 amide bonds. The summed E-state index contributed by atoms with van der Waals surface area (Å²) in [6, 6.07) is 10.3. The molecule has 0 unspecified atom stereocenters. The summed E-state index contributed by atoms with van der Waals surface area (Å²) in [7, 11) is 0. The van der Waals surface area contributed by atoms with E-state index in [1.165, 1.54) is 35.2 Å². The van der Waals surface area contributed by atoms with E-state index in [2.05, 4.69) is 13.0 Å². The van der Waals surface area contributed by atoms with Gasteiger partial charge in [0.15, 0.2) is 0 Å². The number of nitriles is 1. The Morgan fingerprint density at radius 2 is 1.87 bits per heavy atom. The van der Waals surface area contributed by atoms with Gasteiger partial charge in [-0.15, -0.1) is 11.8 Å². The van der Waals surface area contributed by atoms with Crippen LogP contribution in [0.4, 0.5) is 0 Å². The van der Waals surface area contributed by atoms with Gasteiger partial charge in [-0.05, 0) is 60.9 Å². The first-order valence-electron chi connectivity index (χ1n) is 8.05. The van der Waals surface area contributed by atoms with Gasteiger partial charge >= 0.3 is 0 Å². The molecule has 23 heavy (non-hydrogen) atoms. The van der Waals surface area contributed by atoms with Gasteiger partial charge in [0, 0.05) is 16.5 Å². The van der Waals surface area contributed by atoms with Crippen LogP contribution in [0.2, 0.25) is 5.02 Å². The normalized spacial score (nSPS) is 13.4. The summed E-state index contributed by atoms with van der Waals surface area (Å²) < 4.78 is 0. The zero-order chi connectivity index (χ0) is 16.2. The van der Waals surface area contributed by atoms with E-state index in [0.29, 0.717) is 0 Å². The van der Waals surface area contributed by atoms with Gasteiger partial charge in [-0.25, -0.2) is 4.98 Å². The molecular weight excluding hydrogens is 324 g/mol. The Kier molecular flexibility index (Phi) is 5.25. The van der Waals surface area contributed by atoms with Gasteiger partial charge in [-0.1, -0.05) is 30.7 Å². The van der Waals surface area contributed by atoms with E-state index in [1.54, 1.807) is 11.8 Å². The van der Waals surface area contributed by atoms with Crippen molar-refractivity contribution in [3.8, 4) is 6.07 Å². The number of pyridine rings is 1.